The lowest BCUT2D eigenvalue weighted by Gasteiger charge is -2.37. The van der Waals surface area contributed by atoms with Crippen LogP contribution >= 0.6 is 0 Å². The summed E-state index contributed by atoms with van der Waals surface area (Å²) in [6.45, 7) is 15.6. The first-order valence-corrected chi connectivity index (χ1v) is 12.5. The van der Waals surface area contributed by atoms with Crippen molar-refractivity contribution >= 4 is 58.1 Å². The summed E-state index contributed by atoms with van der Waals surface area (Å²) < 4.78 is 18.7. The number of hydrogen-bond acceptors (Lipinski definition) is 6. The first kappa shape index (κ1) is 25.2. The molecular weight excluding hydrogens is 450 g/mol. The summed E-state index contributed by atoms with van der Waals surface area (Å²) in [5.41, 5.74) is 1.19. The van der Waals surface area contributed by atoms with E-state index >= 15 is 0 Å². The average molecular weight is 484 g/mol. The van der Waals surface area contributed by atoms with Crippen LogP contribution in [0.25, 0.3) is 32.6 Å². The van der Waals surface area contributed by atoms with Crippen molar-refractivity contribution in [3.63, 3.8) is 0 Å². The van der Waals surface area contributed by atoms with Gasteiger partial charge in [0.2, 0.25) is 0 Å². The molecule has 1 aliphatic heterocycles. The highest BCUT2D eigenvalue weighted by Crippen LogP contribution is 2.37. The van der Waals surface area contributed by atoms with E-state index in [4.69, 9.17) is 23.9 Å². The standard InChI is InChI=1S/C28H34B2N2O4/c1-25(2,33)26(3,4)34-29-17-9-11-19-20-12-10-18(30-35-27(5,6)28(7,8)36-30)16-22(20)24-23(21(19)15-17)31-13-14-32-24/h9-16,29,33H,1-8H3. The molecule has 0 saturated carbocycles. The maximum atomic E-state index is 10.5. The fourth-order valence-corrected chi connectivity index (χ4v) is 4.40. The van der Waals surface area contributed by atoms with E-state index in [1.54, 1.807) is 26.2 Å². The third kappa shape index (κ3) is 4.10. The van der Waals surface area contributed by atoms with Crippen LogP contribution in [0.3, 0.4) is 0 Å². The number of aliphatic hydroxyl groups is 1. The van der Waals surface area contributed by atoms with Crippen molar-refractivity contribution < 1.29 is 19.1 Å². The van der Waals surface area contributed by atoms with E-state index in [9.17, 15) is 5.11 Å². The third-order valence-electron chi connectivity index (χ3n) is 8.22. The topological polar surface area (TPSA) is 73.7 Å². The van der Waals surface area contributed by atoms with Crippen molar-refractivity contribution in [3.8, 4) is 0 Å². The van der Waals surface area contributed by atoms with Crippen LogP contribution in [0.15, 0.2) is 48.8 Å². The fraction of sp³-hybridized carbons (Fsp3) is 0.429. The van der Waals surface area contributed by atoms with Gasteiger partial charge in [0.1, 0.15) is 0 Å². The first-order valence-electron chi connectivity index (χ1n) is 12.5. The molecule has 1 N–H and O–H groups in total. The molecule has 0 aliphatic carbocycles. The molecule has 8 heteroatoms. The molecule has 0 bridgehead atoms. The van der Waals surface area contributed by atoms with Gasteiger partial charge >= 0.3 is 14.6 Å². The first-order chi connectivity index (χ1) is 16.7. The molecule has 0 atom stereocenters. The van der Waals surface area contributed by atoms with E-state index in [0.29, 0.717) is 7.48 Å². The Hall–Kier alpha value is -2.51. The van der Waals surface area contributed by atoms with Crippen LogP contribution in [0.4, 0.5) is 0 Å². The number of rotatable bonds is 5. The quantitative estimate of drug-likeness (QED) is 0.344. The molecular formula is C28H34B2N2O4. The van der Waals surface area contributed by atoms with Gasteiger partial charge in [0.25, 0.3) is 0 Å². The molecule has 5 rings (SSSR count). The van der Waals surface area contributed by atoms with Crippen molar-refractivity contribution in [1.29, 1.82) is 0 Å². The zero-order valence-corrected chi connectivity index (χ0v) is 22.5. The van der Waals surface area contributed by atoms with Gasteiger partial charge in [-0.3, -0.25) is 9.97 Å². The molecule has 0 amide bonds. The SMILES string of the molecule is CC(C)(O)C(C)(C)OBc1ccc2c3ccc(B4OC(C)(C)C(C)(C)O4)cc3c3nccnc3c2c1. The summed E-state index contributed by atoms with van der Waals surface area (Å²) in [5.74, 6) is 0. The molecule has 1 aromatic heterocycles. The molecule has 1 fully saturated rings. The lowest BCUT2D eigenvalue weighted by atomic mass is 9.77. The Morgan fingerprint density at radius 1 is 0.806 bits per heavy atom. The maximum absolute atomic E-state index is 10.5. The summed E-state index contributed by atoms with van der Waals surface area (Å²) in [5, 5.41) is 14.7. The van der Waals surface area contributed by atoms with Crippen molar-refractivity contribution in [2.24, 2.45) is 0 Å². The highest BCUT2D eigenvalue weighted by molar-refractivity contribution is 6.62. The van der Waals surface area contributed by atoms with Gasteiger partial charge in [0, 0.05) is 23.2 Å². The lowest BCUT2D eigenvalue weighted by molar-refractivity contribution is -0.0893. The van der Waals surface area contributed by atoms with Crippen LogP contribution < -0.4 is 10.9 Å². The van der Waals surface area contributed by atoms with Gasteiger partial charge in [0.15, 0.2) is 0 Å². The van der Waals surface area contributed by atoms with Crippen LogP contribution in [0.5, 0.6) is 0 Å². The van der Waals surface area contributed by atoms with Crippen molar-refractivity contribution in [2.75, 3.05) is 0 Å². The van der Waals surface area contributed by atoms with E-state index in [1.807, 2.05) is 13.8 Å². The van der Waals surface area contributed by atoms with Crippen LogP contribution in [-0.2, 0) is 14.0 Å². The zero-order valence-electron chi connectivity index (χ0n) is 22.5. The molecule has 4 aromatic rings. The molecule has 3 aromatic carbocycles. The Balaban J connectivity index is 1.60. The molecule has 2 heterocycles. The van der Waals surface area contributed by atoms with Gasteiger partial charge in [-0.25, -0.2) is 0 Å². The Labute approximate surface area is 213 Å². The second-order valence-corrected chi connectivity index (χ2v) is 11.9. The maximum Gasteiger partial charge on any atom is 0.494 e. The van der Waals surface area contributed by atoms with Crippen molar-refractivity contribution in [2.45, 2.75) is 77.8 Å². The highest BCUT2D eigenvalue weighted by Gasteiger charge is 2.51. The predicted molar refractivity (Wildman–Crippen MR) is 149 cm³/mol. The Bertz CT molecular complexity index is 1440. The van der Waals surface area contributed by atoms with Crippen LogP contribution in [0.2, 0.25) is 0 Å². The molecule has 186 valence electrons. The second kappa shape index (κ2) is 8.25. The van der Waals surface area contributed by atoms with Gasteiger partial charge in [-0.15, -0.1) is 0 Å². The van der Waals surface area contributed by atoms with E-state index in [0.717, 1.165) is 43.5 Å². The molecule has 0 radical (unpaired) electrons. The predicted octanol–water partition coefficient (Wildman–Crippen LogP) is 3.78. The summed E-state index contributed by atoms with van der Waals surface area (Å²) in [4.78, 5) is 9.44. The minimum absolute atomic E-state index is 0.383. The summed E-state index contributed by atoms with van der Waals surface area (Å²) in [6, 6.07) is 12.6. The van der Waals surface area contributed by atoms with E-state index < -0.39 is 29.5 Å². The van der Waals surface area contributed by atoms with E-state index in [2.05, 4.69) is 64.1 Å². The Morgan fingerprint density at radius 3 is 1.89 bits per heavy atom. The minimum Gasteiger partial charge on any atom is -0.427 e. The third-order valence-corrected chi connectivity index (χ3v) is 8.22. The summed E-state index contributed by atoms with van der Waals surface area (Å²) >= 11 is 0. The Morgan fingerprint density at radius 2 is 1.33 bits per heavy atom. The number of nitrogens with zero attached hydrogens (tertiary/aromatic N) is 2. The highest BCUT2D eigenvalue weighted by atomic mass is 16.7. The molecule has 6 nitrogen and oxygen atoms in total. The Kier molecular flexibility index (Phi) is 5.76. The summed E-state index contributed by atoms with van der Waals surface area (Å²) in [6.07, 6.45) is 3.46. The minimum atomic E-state index is -0.965. The zero-order chi connectivity index (χ0) is 26.1. The molecule has 1 aliphatic rings. The average Bonchev–Trinajstić information content (AvgIpc) is 3.03. The normalized spacial score (nSPS) is 17.9. The van der Waals surface area contributed by atoms with Gasteiger partial charge in [-0.2, -0.15) is 0 Å². The molecule has 36 heavy (non-hydrogen) atoms. The molecule has 1 saturated heterocycles. The number of hydrogen-bond donors (Lipinski definition) is 1. The number of benzene rings is 3. The number of aromatic nitrogens is 2. The smallest absolute Gasteiger partial charge is 0.427 e. The van der Waals surface area contributed by atoms with Gasteiger partial charge in [-0.05, 0) is 71.6 Å². The van der Waals surface area contributed by atoms with Gasteiger partial charge < -0.3 is 19.1 Å². The fourth-order valence-electron chi connectivity index (χ4n) is 4.40. The van der Waals surface area contributed by atoms with E-state index in [1.165, 1.54) is 0 Å². The molecule has 0 spiro atoms. The van der Waals surface area contributed by atoms with Crippen molar-refractivity contribution in [3.05, 3.63) is 48.8 Å². The van der Waals surface area contributed by atoms with Crippen LogP contribution in [0.1, 0.15) is 55.4 Å². The van der Waals surface area contributed by atoms with Gasteiger partial charge in [0.05, 0.1) is 33.4 Å². The van der Waals surface area contributed by atoms with Gasteiger partial charge in [-0.1, -0.05) is 41.9 Å². The number of fused-ring (bicyclic) bond motifs is 6. The summed E-state index contributed by atoms with van der Waals surface area (Å²) in [7, 11) is -0.0615. The molecule has 0 unspecified atom stereocenters. The van der Waals surface area contributed by atoms with Crippen molar-refractivity contribution in [1.82, 2.24) is 9.97 Å². The van der Waals surface area contributed by atoms with E-state index in [-0.39, 0.29) is 0 Å². The van der Waals surface area contributed by atoms with Crippen LogP contribution in [0, 0.1) is 0 Å². The van der Waals surface area contributed by atoms with Crippen LogP contribution in [-0.4, -0.2) is 52.1 Å². The monoisotopic (exact) mass is 484 g/mol. The second-order valence-electron chi connectivity index (χ2n) is 11.9. The lowest BCUT2D eigenvalue weighted by Crippen LogP contribution is -2.49. The largest absolute Gasteiger partial charge is 0.494 e.